The standard InChI is InChI=1S/C22H24N2O3.4C2H6/c1-23-12-13-26-14-15-27-17-22(25)24-16-20-8-3-2-6-18(20)10-11-19-7-4-5-9-21(19)24;4*1-2/h2-9,23H,12-17H2,1H3;4*1-2H3. The van der Waals surface area contributed by atoms with E-state index in [4.69, 9.17) is 9.47 Å². The number of benzene rings is 2. The SMILES string of the molecule is CC.CC.CC.CC.CNCCOCCOCC(=O)N1Cc2ccccc2C#Cc2ccccc21. The summed E-state index contributed by atoms with van der Waals surface area (Å²) >= 11 is 0. The summed E-state index contributed by atoms with van der Waals surface area (Å²) < 4.78 is 10.9. The normalized spacial score (nSPS) is 10.1. The summed E-state index contributed by atoms with van der Waals surface area (Å²) in [5.74, 6) is 6.32. The molecule has 2 aromatic carbocycles. The molecule has 0 radical (unpaired) electrons. The number of carbonyl (C=O) groups excluding carboxylic acids is 1. The van der Waals surface area contributed by atoms with Crippen LogP contribution in [0.3, 0.4) is 0 Å². The Bertz CT molecular complexity index is 841. The van der Waals surface area contributed by atoms with Gasteiger partial charge in [-0.1, -0.05) is 97.6 Å². The summed E-state index contributed by atoms with van der Waals surface area (Å²) in [4.78, 5) is 14.6. The zero-order valence-corrected chi connectivity index (χ0v) is 23.5. The van der Waals surface area contributed by atoms with Gasteiger partial charge in [0.15, 0.2) is 0 Å². The summed E-state index contributed by atoms with van der Waals surface area (Å²) in [5.41, 5.74) is 3.64. The summed E-state index contributed by atoms with van der Waals surface area (Å²) in [6.07, 6.45) is 0. The maximum absolute atomic E-state index is 12.9. The predicted molar refractivity (Wildman–Crippen MR) is 151 cm³/mol. The van der Waals surface area contributed by atoms with Crippen LogP contribution in [0.1, 0.15) is 72.1 Å². The van der Waals surface area contributed by atoms with Crippen molar-refractivity contribution >= 4 is 11.6 Å². The molecule has 0 aromatic heterocycles. The first-order chi connectivity index (χ1) is 17.3. The highest BCUT2D eigenvalue weighted by Gasteiger charge is 2.21. The number of anilines is 1. The predicted octanol–water partition coefficient (Wildman–Crippen LogP) is 6.29. The van der Waals surface area contributed by atoms with E-state index < -0.39 is 0 Å². The minimum Gasteiger partial charge on any atom is -0.378 e. The summed E-state index contributed by atoms with van der Waals surface area (Å²) in [7, 11) is 1.88. The molecule has 5 nitrogen and oxygen atoms in total. The second kappa shape index (κ2) is 24.5. The molecule has 0 spiro atoms. The van der Waals surface area contributed by atoms with Crippen LogP contribution in [0.25, 0.3) is 0 Å². The molecule has 3 rings (SSSR count). The van der Waals surface area contributed by atoms with Crippen LogP contribution in [0.5, 0.6) is 0 Å². The van der Waals surface area contributed by atoms with E-state index in [-0.39, 0.29) is 12.5 Å². The molecule has 196 valence electrons. The van der Waals surface area contributed by atoms with E-state index >= 15 is 0 Å². The molecular weight excluding hydrogens is 436 g/mol. The molecule has 0 atom stereocenters. The van der Waals surface area contributed by atoms with Gasteiger partial charge in [-0.2, -0.15) is 0 Å². The molecule has 1 amide bonds. The van der Waals surface area contributed by atoms with Crippen LogP contribution >= 0.6 is 0 Å². The summed E-state index contributed by atoms with van der Waals surface area (Å²) in [6.45, 7) is 18.8. The Hall–Kier alpha value is -2.65. The van der Waals surface area contributed by atoms with Crippen molar-refractivity contribution in [3.05, 3.63) is 65.2 Å². The van der Waals surface area contributed by atoms with Crippen molar-refractivity contribution in [3.8, 4) is 11.8 Å². The highest BCUT2D eigenvalue weighted by atomic mass is 16.5. The van der Waals surface area contributed by atoms with Gasteiger partial charge in [-0.15, -0.1) is 0 Å². The monoisotopic (exact) mass is 484 g/mol. The Morgan fingerprint density at radius 1 is 0.800 bits per heavy atom. The number of para-hydroxylation sites is 1. The van der Waals surface area contributed by atoms with Gasteiger partial charge in [-0.25, -0.2) is 0 Å². The van der Waals surface area contributed by atoms with Crippen molar-refractivity contribution in [2.45, 2.75) is 61.9 Å². The van der Waals surface area contributed by atoms with E-state index in [0.29, 0.717) is 26.4 Å². The van der Waals surface area contributed by atoms with Gasteiger partial charge in [-0.05, 0) is 30.8 Å². The number of amides is 1. The van der Waals surface area contributed by atoms with Gasteiger partial charge < -0.3 is 19.7 Å². The lowest BCUT2D eigenvalue weighted by molar-refractivity contribution is -0.123. The smallest absolute Gasteiger partial charge is 0.253 e. The molecule has 2 aromatic rings. The second-order valence-corrected chi connectivity index (χ2v) is 6.17. The molecule has 1 N–H and O–H groups in total. The Morgan fingerprint density at radius 3 is 2.00 bits per heavy atom. The number of carbonyl (C=O) groups is 1. The average molecular weight is 485 g/mol. The molecule has 0 aliphatic carbocycles. The summed E-state index contributed by atoms with van der Waals surface area (Å²) in [5, 5.41) is 3.01. The second-order valence-electron chi connectivity index (χ2n) is 6.17. The van der Waals surface area contributed by atoms with Gasteiger partial charge in [0, 0.05) is 17.7 Å². The maximum Gasteiger partial charge on any atom is 0.253 e. The van der Waals surface area contributed by atoms with Crippen molar-refractivity contribution in [2.24, 2.45) is 0 Å². The molecule has 0 bridgehead atoms. The third kappa shape index (κ3) is 13.1. The van der Waals surface area contributed by atoms with Crippen LogP contribution in [-0.4, -0.2) is 45.9 Å². The van der Waals surface area contributed by atoms with Crippen LogP contribution in [0.2, 0.25) is 0 Å². The van der Waals surface area contributed by atoms with Gasteiger partial charge >= 0.3 is 0 Å². The average Bonchev–Trinajstić information content (AvgIpc) is 2.94. The van der Waals surface area contributed by atoms with E-state index in [2.05, 4.69) is 17.2 Å². The van der Waals surface area contributed by atoms with E-state index in [0.717, 1.165) is 28.9 Å². The Balaban J connectivity index is 0. The fourth-order valence-corrected chi connectivity index (χ4v) is 2.84. The van der Waals surface area contributed by atoms with Crippen LogP contribution in [0.15, 0.2) is 48.5 Å². The molecular formula is C30H48N2O3. The Labute approximate surface area is 215 Å². The molecule has 5 heteroatoms. The number of nitrogens with one attached hydrogen (secondary N) is 1. The largest absolute Gasteiger partial charge is 0.378 e. The molecule has 0 saturated heterocycles. The number of ether oxygens (including phenoxy) is 2. The number of hydrogen-bond acceptors (Lipinski definition) is 4. The van der Waals surface area contributed by atoms with Gasteiger partial charge in [0.25, 0.3) is 5.91 Å². The first-order valence-corrected chi connectivity index (χ1v) is 13.1. The molecule has 0 unspecified atom stereocenters. The fraction of sp³-hybridized carbons (Fsp3) is 0.500. The van der Waals surface area contributed by atoms with Crippen molar-refractivity contribution in [1.82, 2.24) is 5.32 Å². The zero-order chi connectivity index (χ0) is 26.9. The lowest BCUT2D eigenvalue weighted by Gasteiger charge is -2.26. The number of likely N-dealkylation sites (N-methyl/N-ethyl adjacent to an activating group) is 1. The van der Waals surface area contributed by atoms with Crippen molar-refractivity contribution < 1.29 is 14.3 Å². The molecule has 1 aliphatic rings. The number of fused-ring (bicyclic) bond motifs is 2. The van der Waals surface area contributed by atoms with Crippen LogP contribution in [-0.2, 0) is 20.8 Å². The minimum absolute atomic E-state index is 0.0132. The van der Waals surface area contributed by atoms with Crippen molar-refractivity contribution in [2.75, 3.05) is 44.9 Å². The van der Waals surface area contributed by atoms with Crippen LogP contribution < -0.4 is 10.2 Å². The van der Waals surface area contributed by atoms with Gasteiger partial charge in [0.1, 0.15) is 6.61 Å². The van der Waals surface area contributed by atoms with Crippen LogP contribution in [0, 0.1) is 11.8 Å². The maximum atomic E-state index is 12.9. The number of nitrogens with zero attached hydrogens (tertiary/aromatic N) is 1. The van der Waals surface area contributed by atoms with E-state index in [1.807, 2.05) is 111 Å². The molecule has 1 heterocycles. The third-order valence-corrected chi connectivity index (χ3v) is 4.27. The Morgan fingerprint density at radius 2 is 1.34 bits per heavy atom. The number of hydrogen-bond donors (Lipinski definition) is 1. The van der Waals surface area contributed by atoms with E-state index in [9.17, 15) is 4.79 Å². The first kappa shape index (κ1) is 34.5. The molecule has 0 fully saturated rings. The highest BCUT2D eigenvalue weighted by Crippen LogP contribution is 2.25. The highest BCUT2D eigenvalue weighted by molar-refractivity contribution is 5.96. The van der Waals surface area contributed by atoms with Gasteiger partial charge in [0.2, 0.25) is 0 Å². The molecule has 0 saturated carbocycles. The lowest BCUT2D eigenvalue weighted by atomic mass is 10.0. The number of rotatable bonds is 8. The molecule has 35 heavy (non-hydrogen) atoms. The van der Waals surface area contributed by atoms with Crippen molar-refractivity contribution in [1.29, 1.82) is 0 Å². The third-order valence-electron chi connectivity index (χ3n) is 4.27. The quantitative estimate of drug-likeness (QED) is 0.353. The zero-order valence-electron chi connectivity index (χ0n) is 23.5. The molecule has 1 aliphatic heterocycles. The summed E-state index contributed by atoms with van der Waals surface area (Å²) in [6, 6.07) is 15.6. The van der Waals surface area contributed by atoms with Crippen molar-refractivity contribution in [3.63, 3.8) is 0 Å². The lowest BCUT2D eigenvalue weighted by Crippen LogP contribution is -2.35. The van der Waals surface area contributed by atoms with Gasteiger partial charge in [0.05, 0.1) is 32.1 Å². The van der Waals surface area contributed by atoms with Gasteiger partial charge in [-0.3, -0.25) is 4.79 Å². The fourth-order valence-electron chi connectivity index (χ4n) is 2.84. The van der Waals surface area contributed by atoms with E-state index in [1.165, 1.54) is 0 Å². The minimum atomic E-state index is -0.0869. The van der Waals surface area contributed by atoms with E-state index in [1.54, 1.807) is 4.90 Å². The first-order valence-electron chi connectivity index (χ1n) is 13.1. The Kier molecular flexibility index (Phi) is 24.1. The topological polar surface area (TPSA) is 50.8 Å². The van der Waals surface area contributed by atoms with Crippen LogP contribution in [0.4, 0.5) is 5.69 Å².